The van der Waals surface area contributed by atoms with Crippen molar-refractivity contribution in [2.45, 2.75) is 19.7 Å². The first-order valence-electron chi connectivity index (χ1n) is 8.02. The first-order valence-corrected chi connectivity index (χ1v) is 8.78. The van der Waals surface area contributed by atoms with E-state index < -0.39 is 12.3 Å². The van der Waals surface area contributed by atoms with Crippen LogP contribution in [0.2, 0.25) is 10.0 Å². The summed E-state index contributed by atoms with van der Waals surface area (Å²) in [6, 6.07) is 5.39. The Bertz CT molecular complexity index is 1090. The second-order valence-electron chi connectivity index (χ2n) is 6.32. The number of aromatic carboxylic acids is 1. The van der Waals surface area contributed by atoms with Crippen LogP contribution in [0.25, 0.3) is 10.9 Å². The second kappa shape index (κ2) is 7.22. The lowest BCUT2D eigenvalue weighted by atomic mass is 9.99. The number of hydrogen-bond acceptors (Lipinski definition) is 2. The lowest BCUT2D eigenvalue weighted by Crippen LogP contribution is -2.17. The molecule has 148 valence electrons. The van der Waals surface area contributed by atoms with Crippen molar-refractivity contribution >= 4 is 40.1 Å². The predicted molar refractivity (Wildman–Crippen MR) is 101 cm³/mol. The molecule has 0 aliphatic rings. The van der Waals surface area contributed by atoms with Crippen LogP contribution in [-0.4, -0.2) is 22.0 Å². The zero-order valence-corrected chi connectivity index (χ0v) is 16.2. The van der Waals surface area contributed by atoms with E-state index in [1.807, 2.05) is 0 Å². The zero-order valence-electron chi connectivity index (χ0n) is 14.7. The number of aromatic nitrogens is 1. The molecule has 2 aromatic carbocycles. The van der Waals surface area contributed by atoms with E-state index in [-0.39, 0.29) is 22.8 Å². The molecule has 0 atom stereocenters. The Morgan fingerprint density at radius 3 is 2.54 bits per heavy atom. The summed E-state index contributed by atoms with van der Waals surface area (Å²) in [6.07, 6.45) is -2.82. The van der Waals surface area contributed by atoms with Crippen molar-refractivity contribution < 1.29 is 27.8 Å². The highest BCUT2D eigenvalue weighted by Gasteiger charge is 2.31. The van der Waals surface area contributed by atoms with Crippen LogP contribution in [0.1, 0.15) is 27.0 Å². The molecule has 0 aliphatic heterocycles. The van der Waals surface area contributed by atoms with E-state index in [0.29, 0.717) is 21.7 Å². The fourth-order valence-electron chi connectivity index (χ4n) is 3.24. The van der Waals surface area contributed by atoms with Crippen molar-refractivity contribution in [1.29, 1.82) is 0 Å². The average Bonchev–Trinajstić information content (AvgIpc) is 2.86. The first kappa shape index (κ1) is 20.4. The molecule has 3 rings (SSSR count). The molecule has 0 amide bonds. The van der Waals surface area contributed by atoms with E-state index in [0.717, 1.165) is 10.9 Å². The van der Waals surface area contributed by atoms with Crippen LogP contribution < -0.4 is 4.74 Å². The molecule has 0 saturated carbocycles. The van der Waals surface area contributed by atoms with Gasteiger partial charge in [0.15, 0.2) is 0 Å². The van der Waals surface area contributed by atoms with Crippen LogP contribution in [0.15, 0.2) is 30.5 Å². The van der Waals surface area contributed by atoms with E-state index in [4.69, 9.17) is 23.2 Å². The Morgan fingerprint density at radius 1 is 1.25 bits per heavy atom. The molecule has 0 bridgehead atoms. The number of nitrogens with zero attached hydrogens (tertiary/aromatic N) is 1. The lowest BCUT2D eigenvalue weighted by Gasteiger charge is -2.12. The molecule has 0 aliphatic carbocycles. The normalized spacial score (nSPS) is 11.8. The number of hydrogen-bond donors (Lipinski definition) is 1. The largest absolute Gasteiger partial charge is 0.573 e. The van der Waals surface area contributed by atoms with E-state index in [2.05, 4.69) is 4.74 Å². The van der Waals surface area contributed by atoms with Gasteiger partial charge in [0.25, 0.3) is 0 Å². The number of benzene rings is 2. The maximum Gasteiger partial charge on any atom is 0.573 e. The maximum atomic E-state index is 12.6. The highest BCUT2D eigenvalue weighted by Crippen LogP contribution is 2.36. The van der Waals surface area contributed by atoms with Gasteiger partial charge in [0.2, 0.25) is 0 Å². The van der Waals surface area contributed by atoms with Crippen molar-refractivity contribution in [2.75, 3.05) is 0 Å². The fraction of sp³-hybridized carbons (Fsp3) is 0.211. The van der Waals surface area contributed by atoms with Gasteiger partial charge < -0.3 is 14.4 Å². The minimum absolute atomic E-state index is 0.0340. The SMILES string of the molecule is Cc1cc(OC(F)(F)F)cc2c1c(Cc1c(Cl)ccc(C(=O)O)c1Cl)cn2C. The topological polar surface area (TPSA) is 51.5 Å². The fourth-order valence-corrected chi connectivity index (χ4v) is 3.83. The molecule has 28 heavy (non-hydrogen) atoms. The summed E-state index contributed by atoms with van der Waals surface area (Å²) >= 11 is 12.5. The van der Waals surface area contributed by atoms with Crippen LogP contribution in [-0.2, 0) is 13.5 Å². The monoisotopic (exact) mass is 431 g/mol. The van der Waals surface area contributed by atoms with Crippen molar-refractivity contribution in [3.05, 3.63) is 62.8 Å². The number of halogens is 5. The molecule has 3 aromatic rings. The molecular weight excluding hydrogens is 418 g/mol. The van der Waals surface area contributed by atoms with Gasteiger partial charge in [-0.15, -0.1) is 13.2 Å². The number of aryl methyl sites for hydroxylation is 2. The molecule has 0 fully saturated rings. The predicted octanol–water partition coefficient (Wildman–Crippen LogP) is 5.98. The molecule has 0 radical (unpaired) electrons. The van der Waals surface area contributed by atoms with Gasteiger partial charge in [-0.05, 0) is 41.8 Å². The van der Waals surface area contributed by atoms with Gasteiger partial charge >= 0.3 is 12.3 Å². The highest BCUT2D eigenvalue weighted by molar-refractivity contribution is 6.38. The number of alkyl halides is 3. The Balaban J connectivity index is 2.11. The van der Waals surface area contributed by atoms with Crippen LogP contribution in [0.5, 0.6) is 5.75 Å². The third kappa shape index (κ3) is 3.91. The molecule has 1 heterocycles. The number of carboxylic acid groups (broad SMARTS) is 1. The minimum atomic E-state index is -4.79. The van der Waals surface area contributed by atoms with Crippen LogP contribution >= 0.6 is 23.2 Å². The smallest absolute Gasteiger partial charge is 0.478 e. The van der Waals surface area contributed by atoms with E-state index in [1.165, 1.54) is 24.3 Å². The molecule has 0 saturated heterocycles. The van der Waals surface area contributed by atoms with Gasteiger partial charge in [-0.1, -0.05) is 23.2 Å². The van der Waals surface area contributed by atoms with Gasteiger partial charge in [-0.25, -0.2) is 4.79 Å². The Labute approximate surface area is 168 Å². The number of carboxylic acids is 1. The molecule has 0 unspecified atom stereocenters. The summed E-state index contributed by atoms with van der Waals surface area (Å²) < 4.78 is 43.4. The van der Waals surface area contributed by atoms with Crippen molar-refractivity contribution in [1.82, 2.24) is 4.57 Å². The van der Waals surface area contributed by atoms with Gasteiger partial charge in [0, 0.05) is 36.1 Å². The molecule has 9 heteroatoms. The minimum Gasteiger partial charge on any atom is -0.478 e. The number of carbonyl (C=O) groups is 1. The highest BCUT2D eigenvalue weighted by atomic mass is 35.5. The number of ether oxygens (including phenoxy) is 1. The van der Waals surface area contributed by atoms with Crippen LogP contribution in [0, 0.1) is 6.92 Å². The van der Waals surface area contributed by atoms with Gasteiger partial charge in [-0.2, -0.15) is 0 Å². The molecule has 4 nitrogen and oxygen atoms in total. The third-order valence-corrected chi connectivity index (χ3v) is 5.14. The second-order valence-corrected chi connectivity index (χ2v) is 7.10. The average molecular weight is 432 g/mol. The summed E-state index contributed by atoms with van der Waals surface area (Å²) in [7, 11) is 1.69. The lowest BCUT2D eigenvalue weighted by molar-refractivity contribution is -0.274. The Morgan fingerprint density at radius 2 is 1.93 bits per heavy atom. The first-order chi connectivity index (χ1) is 13.0. The number of fused-ring (bicyclic) bond motifs is 1. The van der Waals surface area contributed by atoms with Crippen LogP contribution in [0.4, 0.5) is 13.2 Å². The van der Waals surface area contributed by atoms with Crippen molar-refractivity contribution in [3.8, 4) is 5.75 Å². The van der Waals surface area contributed by atoms with Gasteiger partial charge in [0.1, 0.15) is 5.75 Å². The van der Waals surface area contributed by atoms with E-state index in [9.17, 15) is 23.1 Å². The molecular formula is C19H14Cl2F3NO3. The third-order valence-electron chi connectivity index (χ3n) is 4.36. The van der Waals surface area contributed by atoms with Crippen LogP contribution in [0.3, 0.4) is 0 Å². The van der Waals surface area contributed by atoms with Gasteiger partial charge in [0.05, 0.1) is 16.1 Å². The number of rotatable bonds is 4. The van der Waals surface area contributed by atoms with E-state index in [1.54, 1.807) is 24.7 Å². The summed E-state index contributed by atoms with van der Waals surface area (Å²) in [5.41, 5.74) is 2.23. The Hall–Kier alpha value is -2.38. The maximum absolute atomic E-state index is 12.6. The summed E-state index contributed by atoms with van der Waals surface area (Å²) in [5.74, 6) is -1.49. The van der Waals surface area contributed by atoms with Crippen molar-refractivity contribution in [2.24, 2.45) is 7.05 Å². The van der Waals surface area contributed by atoms with Crippen molar-refractivity contribution in [3.63, 3.8) is 0 Å². The molecule has 1 N–H and O–H groups in total. The summed E-state index contributed by atoms with van der Waals surface area (Å²) in [6.45, 7) is 1.67. The quantitative estimate of drug-likeness (QED) is 0.552. The Kier molecular flexibility index (Phi) is 5.25. The van der Waals surface area contributed by atoms with Gasteiger partial charge in [-0.3, -0.25) is 0 Å². The summed E-state index contributed by atoms with van der Waals surface area (Å²) in [5, 5.41) is 10.3. The standard InChI is InChI=1S/C19H14Cl2F3NO3/c1-9-5-11(28-19(22,23)24)7-15-16(9)10(8-25(15)2)6-13-14(20)4-3-12(17(13)21)18(26)27/h3-5,7-8H,6H2,1-2H3,(H,26,27). The van der Waals surface area contributed by atoms with E-state index >= 15 is 0 Å². The molecule has 1 aromatic heterocycles. The molecule has 0 spiro atoms. The zero-order chi connectivity index (χ0) is 20.8. The summed E-state index contributed by atoms with van der Waals surface area (Å²) in [4.78, 5) is 11.3.